The van der Waals surface area contributed by atoms with Crippen LogP contribution in [0.5, 0.6) is 0 Å². The first-order valence-corrected chi connectivity index (χ1v) is 8.82. The van der Waals surface area contributed by atoms with Gasteiger partial charge in [0.05, 0.1) is 5.56 Å². The van der Waals surface area contributed by atoms with Gasteiger partial charge in [-0.2, -0.15) is 0 Å². The minimum atomic E-state index is -0.489. The van der Waals surface area contributed by atoms with Crippen LogP contribution < -0.4 is 5.32 Å². The van der Waals surface area contributed by atoms with Crippen LogP contribution in [-0.2, 0) is 22.5 Å². The summed E-state index contributed by atoms with van der Waals surface area (Å²) in [7, 11) is 0. The molecule has 0 fully saturated rings. The number of benzene rings is 3. The van der Waals surface area contributed by atoms with Crippen LogP contribution in [0.2, 0.25) is 0 Å². The molecule has 0 aromatic heterocycles. The Hall–Kier alpha value is -3.40. The van der Waals surface area contributed by atoms with E-state index >= 15 is 0 Å². The molecule has 0 radical (unpaired) electrons. The van der Waals surface area contributed by atoms with Gasteiger partial charge >= 0.3 is 5.97 Å². The zero-order valence-electron chi connectivity index (χ0n) is 14.9. The van der Waals surface area contributed by atoms with Crippen molar-refractivity contribution in [3.63, 3.8) is 0 Å². The zero-order valence-corrected chi connectivity index (χ0v) is 14.9. The molecule has 3 rings (SSSR count). The smallest absolute Gasteiger partial charge is 0.338 e. The van der Waals surface area contributed by atoms with Gasteiger partial charge in [-0.15, -0.1) is 0 Å². The second-order valence-corrected chi connectivity index (χ2v) is 6.16. The van der Waals surface area contributed by atoms with Gasteiger partial charge in [0.25, 0.3) is 5.91 Å². The fourth-order valence-electron chi connectivity index (χ4n) is 2.75. The number of carbonyl (C=O) groups excluding carboxylic acids is 2. The second kappa shape index (κ2) is 9.34. The molecule has 0 spiro atoms. The van der Waals surface area contributed by atoms with Gasteiger partial charge in [-0.1, -0.05) is 78.9 Å². The van der Waals surface area contributed by atoms with Gasteiger partial charge in [0, 0.05) is 6.54 Å². The van der Waals surface area contributed by atoms with Gasteiger partial charge in [0.2, 0.25) is 0 Å². The third-order valence-corrected chi connectivity index (χ3v) is 4.14. The Morgan fingerprint density at radius 3 is 2.04 bits per heavy atom. The molecule has 3 aromatic rings. The van der Waals surface area contributed by atoms with Crippen LogP contribution in [0, 0.1) is 0 Å². The molecule has 27 heavy (non-hydrogen) atoms. The normalized spacial score (nSPS) is 10.2. The maximum atomic E-state index is 12.4. The van der Waals surface area contributed by atoms with Crippen molar-refractivity contribution in [2.45, 2.75) is 13.0 Å². The molecule has 0 bridgehead atoms. The molecular weight excluding hydrogens is 338 g/mol. The number of hydrogen-bond acceptors (Lipinski definition) is 3. The van der Waals surface area contributed by atoms with Crippen molar-refractivity contribution in [2.75, 3.05) is 6.61 Å². The van der Waals surface area contributed by atoms with Gasteiger partial charge in [0.15, 0.2) is 6.61 Å². The van der Waals surface area contributed by atoms with Crippen LogP contribution in [0.3, 0.4) is 0 Å². The van der Waals surface area contributed by atoms with E-state index in [1.165, 1.54) is 0 Å². The van der Waals surface area contributed by atoms with Crippen molar-refractivity contribution in [1.82, 2.24) is 5.32 Å². The first kappa shape index (κ1) is 18.4. The van der Waals surface area contributed by atoms with E-state index < -0.39 is 5.97 Å². The summed E-state index contributed by atoms with van der Waals surface area (Å²) in [5, 5.41) is 2.74. The number of esters is 1. The van der Waals surface area contributed by atoms with E-state index in [1.807, 2.05) is 72.8 Å². The highest BCUT2D eigenvalue weighted by molar-refractivity contribution is 5.92. The lowest BCUT2D eigenvalue weighted by molar-refractivity contribution is -0.124. The Morgan fingerprint density at radius 1 is 0.741 bits per heavy atom. The summed E-state index contributed by atoms with van der Waals surface area (Å²) in [4.78, 5) is 24.4. The average molecular weight is 359 g/mol. The van der Waals surface area contributed by atoms with Crippen LogP contribution in [0.25, 0.3) is 0 Å². The van der Waals surface area contributed by atoms with Gasteiger partial charge in [-0.05, 0) is 29.2 Å². The number of ether oxygens (including phenoxy) is 1. The van der Waals surface area contributed by atoms with Crippen LogP contribution >= 0.6 is 0 Å². The molecule has 4 heteroatoms. The first-order valence-electron chi connectivity index (χ1n) is 8.82. The van der Waals surface area contributed by atoms with Crippen LogP contribution in [0.4, 0.5) is 0 Å². The predicted octanol–water partition coefficient (Wildman–Crippen LogP) is 3.75. The summed E-state index contributed by atoms with van der Waals surface area (Å²) < 4.78 is 5.21. The highest BCUT2D eigenvalue weighted by Gasteiger charge is 2.14. The van der Waals surface area contributed by atoms with Crippen molar-refractivity contribution >= 4 is 11.9 Å². The van der Waals surface area contributed by atoms with Gasteiger partial charge in [-0.3, -0.25) is 4.79 Å². The molecule has 0 aliphatic rings. The predicted molar refractivity (Wildman–Crippen MR) is 104 cm³/mol. The molecule has 0 unspecified atom stereocenters. The molecule has 0 aliphatic carbocycles. The monoisotopic (exact) mass is 359 g/mol. The number of hydrogen-bond donors (Lipinski definition) is 1. The molecular formula is C23H21NO3. The Bertz CT molecular complexity index is 892. The average Bonchev–Trinajstić information content (AvgIpc) is 2.72. The van der Waals surface area contributed by atoms with E-state index in [9.17, 15) is 9.59 Å². The summed E-state index contributed by atoms with van der Waals surface area (Å²) in [6, 6.07) is 26.8. The summed E-state index contributed by atoms with van der Waals surface area (Å²) in [5.41, 5.74) is 3.46. The van der Waals surface area contributed by atoms with Crippen molar-refractivity contribution in [2.24, 2.45) is 0 Å². The Morgan fingerprint density at radius 2 is 1.33 bits per heavy atom. The standard InChI is InChI=1S/C23H21NO3/c25-22(24-16-19-11-5-2-6-12-19)17-27-23(26)21-14-8-7-13-20(21)15-18-9-3-1-4-10-18/h1-14H,15-17H2,(H,24,25). The van der Waals surface area contributed by atoms with E-state index in [2.05, 4.69) is 5.32 Å². The van der Waals surface area contributed by atoms with E-state index in [-0.39, 0.29) is 12.5 Å². The molecule has 1 amide bonds. The van der Waals surface area contributed by atoms with Gasteiger partial charge < -0.3 is 10.1 Å². The largest absolute Gasteiger partial charge is 0.452 e. The number of carbonyl (C=O) groups is 2. The maximum Gasteiger partial charge on any atom is 0.338 e. The molecule has 0 saturated heterocycles. The fourth-order valence-corrected chi connectivity index (χ4v) is 2.75. The molecule has 0 atom stereocenters. The van der Waals surface area contributed by atoms with Crippen LogP contribution in [-0.4, -0.2) is 18.5 Å². The van der Waals surface area contributed by atoms with E-state index in [0.717, 1.165) is 16.7 Å². The number of amides is 1. The fraction of sp³-hybridized carbons (Fsp3) is 0.130. The Kier molecular flexibility index (Phi) is 6.36. The lowest BCUT2D eigenvalue weighted by atomic mass is 10.00. The third-order valence-electron chi connectivity index (χ3n) is 4.14. The molecule has 3 aromatic carbocycles. The van der Waals surface area contributed by atoms with E-state index in [4.69, 9.17) is 4.74 Å². The molecule has 136 valence electrons. The van der Waals surface area contributed by atoms with Gasteiger partial charge in [0.1, 0.15) is 0 Å². The van der Waals surface area contributed by atoms with Crippen molar-refractivity contribution < 1.29 is 14.3 Å². The maximum absolute atomic E-state index is 12.4. The number of nitrogens with one attached hydrogen (secondary N) is 1. The lowest BCUT2D eigenvalue weighted by Gasteiger charge is -2.10. The Labute approximate surface area is 158 Å². The lowest BCUT2D eigenvalue weighted by Crippen LogP contribution is -2.28. The third kappa shape index (κ3) is 5.54. The minimum Gasteiger partial charge on any atom is -0.452 e. The SMILES string of the molecule is O=C(COC(=O)c1ccccc1Cc1ccccc1)NCc1ccccc1. The van der Waals surface area contributed by atoms with Crippen molar-refractivity contribution in [3.05, 3.63) is 107 Å². The summed E-state index contributed by atoms with van der Waals surface area (Å²) >= 11 is 0. The molecule has 1 N–H and O–H groups in total. The molecule has 0 aliphatic heterocycles. The van der Waals surface area contributed by atoms with E-state index in [0.29, 0.717) is 18.5 Å². The second-order valence-electron chi connectivity index (χ2n) is 6.16. The summed E-state index contributed by atoms with van der Waals surface area (Å²) in [5.74, 6) is -0.816. The highest BCUT2D eigenvalue weighted by Crippen LogP contribution is 2.15. The summed E-state index contributed by atoms with van der Waals surface area (Å²) in [6.45, 7) is 0.104. The minimum absolute atomic E-state index is 0.300. The van der Waals surface area contributed by atoms with Crippen LogP contribution in [0.1, 0.15) is 27.0 Å². The Balaban J connectivity index is 1.55. The zero-order chi connectivity index (χ0) is 18.9. The van der Waals surface area contributed by atoms with Crippen LogP contribution in [0.15, 0.2) is 84.9 Å². The molecule has 0 saturated carbocycles. The first-order chi connectivity index (χ1) is 13.2. The summed E-state index contributed by atoms with van der Waals surface area (Å²) in [6.07, 6.45) is 0.631. The topological polar surface area (TPSA) is 55.4 Å². The molecule has 4 nitrogen and oxygen atoms in total. The highest BCUT2D eigenvalue weighted by atomic mass is 16.5. The molecule has 0 heterocycles. The van der Waals surface area contributed by atoms with Crippen molar-refractivity contribution in [1.29, 1.82) is 0 Å². The number of rotatable bonds is 7. The quantitative estimate of drug-likeness (QED) is 0.654. The van der Waals surface area contributed by atoms with Crippen molar-refractivity contribution in [3.8, 4) is 0 Å². The van der Waals surface area contributed by atoms with E-state index in [1.54, 1.807) is 12.1 Å². The van der Waals surface area contributed by atoms with Gasteiger partial charge in [-0.25, -0.2) is 4.79 Å².